The predicted molar refractivity (Wildman–Crippen MR) is 89.6 cm³/mol. The van der Waals surface area contributed by atoms with Crippen LogP contribution < -0.4 is 5.32 Å². The molecule has 1 N–H and O–H groups in total. The summed E-state index contributed by atoms with van der Waals surface area (Å²) in [6, 6.07) is 5.25. The number of nitrogens with zero attached hydrogens (tertiary/aromatic N) is 1. The molecule has 0 aliphatic heterocycles. The van der Waals surface area contributed by atoms with Crippen molar-refractivity contribution in [3.8, 4) is 0 Å². The first-order valence-electron chi connectivity index (χ1n) is 7.79. The Hall–Kier alpha value is -0.640. The summed E-state index contributed by atoms with van der Waals surface area (Å²) in [4.78, 5) is 2.46. The minimum Gasteiger partial charge on any atom is -0.315 e. The van der Waals surface area contributed by atoms with Crippen LogP contribution >= 0.6 is 11.6 Å². The van der Waals surface area contributed by atoms with Gasteiger partial charge in [-0.15, -0.1) is 0 Å². The van der Waals surface area contributed by atoms with E-state index in [1.165, 1.54) is 6.07 Å². The van der Waals surface area contributed by atoms with Crippen molar-refractivity contribution in [2.24, 2.45) is 0 Å². The molecule has 0 saturated heterocycles. The van der Waals surface area contributed by atoms with E-state index in [-0.39, 0.29) is 22.4 Å². The van der Waals surface area contributed by atoms with E-state index in [0.717, 1.165) is 25.1 Å². The molecule has 0 aliphatic carbocycles. The van der Waals surface area contributed by atoms with Crippen LogP contribution in [0.4, 0.5) is 4.39 Å². The highest BCUT2D eigenvalue weighted by molar-refractivity contribution is 6.31. The van der Waals surface area contributed by atoms with E-state index >= 15 is 0 Å². The number of rotatable bonds is 8. The maximum absolute atomic E-state index is 13.6. The summed E-state index contributed by atoms with van der Waals surface area (Å²) < 4.78 is 13.6. The Morgan fingerprint density at radius 2 is 1.90 bits per heavy atom. The smallest absolute Gasteiger partial charge is 0.142 e. The lowest BCUT2D eigenvalue weighted by Crippen LogP contribution is -2.59. The summed E-state index contributed by atoms with van der Waals surface area (Å²) in [6.07, 6.45) is 1.74. The number of halogens is 2. The lowest BCUT2D eigenvalue weighted by atomic mass is 9.83. The molecule has 4 heteroatoms. The number of likely N-dealkylation sites (N-methyl/N-ethyl adjacent to an activating group) is 2. The third-order valence-electron chi connectivity index (χ3n) is 4.76. The van der Waals surface area contributed by atoms with Crippen LogP contribution in [-0.4, -0.2) is 36.6 Å². The number of hydrogen-bond acceptors (Lipinski definition) is 2. The fraction of sp³-hybridized carbons (Fsp3) is 0.647. The lowest BCUT2D eigenvalue weighted by Gasteiger charge is -2.46. The van der Waals surface area contributed by atoms with Crippen LogP contribution in [0.25, 0.3) is 0 Å². The molecule has 21 heavy (non-hydrogen) atoms. The highest BCUT2D eigenvalue weighted by Crippen LogP contribution is 2.28. The van der Waals surface area contributed by atoms with Gasteiger partial charge in [-0.25, -0.2) is 4.39 Å². The highest BCUT2D eigenvalue weighted by Gasteiger charge is 2.36. The van der Waals surface area contributed by atoms with Crippen molar-refractivity contribution in [3.63, 3.8) is 0 Å². The van der Waals surface area contributed by atoms with Gasteiger partial charge in [-0.2, -0.15) is 0 Å². The molecule has 0 bridgehead atoms. The SMILES string of the molecule is CCN(CC)C(C)(CC)C(Cc1cccc(F)c1Cl)NC. The van der Waals surface area contributed by atoms with E-state index in [1.807, 2.05) is 13.1 Å². The fourth-order valence-corrected chi connectivity index (χ4v) is 3.40. The van der Waals surface area contributed by atoms with Crippen LogP contribution in [0, 0.1) is 5.82 Å². The van der Waals surface area contributed by atoms with Gasteiger partial charge in [-0.1, -0.05) is 44.5 Å². The second-order valence-corrected chi connectivity index (χ2v) is 6.02. The Balaban J connectivity index is 3.08. The maximum Gasteiger partial charge on any atom is 0.142 e. The largest absolute Gasteiger partial charge is 0.315 e. The third kappa shape index (κ3) is 3.97. The molecule has 0 saturated carbocycles. The topological polar surface area (TPSA) is 15.3 Å². The summed E-state index contributed by atoms with van der Waals surface area (Å²) in [7, 11) is 1.97. The zero-order valence-corrected chi connectivity index (χ0v) is 14.6. The Morgan fingerprint density at radius 3 is 2.38 bits per heavy atom. The van der Waals surface area contributed by atoms with E-state index in [4.69, 9.17) is 11.6 Å². The zero-order valence-electron chi connectivity index (χ0n) is 13.8. The van der Waals surface area contributed by atoms with Gasteiger partial charge in [0.1, 0.15) is 5.82 Å². The molecular weight excluding hydrogens is 287 g/mol. The molecular formula is C17H28ClFN2. The van der Waals surface area contributed by atoms with Crippen molar-refractivity contribution in [2.45, 2.75) is 52.1 Å². The molecule has 2 nitrogen and oxygen atoms in total. The van der Waals surface area contributed by atoms with E-state index < -0.39 is 0 Å². The summed E-state index contributed by atoms with van der Waals surface area (Å²) in [5.41, 5.74) is 0.872. The first kappa shape index (κ1) is 18.4. The van der Waals surface area contributed by atoms with Crippen LogP contribution in [0.15, 0.2) is 18.2 Å². The third-order valence-corrected chi connectivity index (χ3v) is 5.18. The lowest BCUT2D eigenvalue weighted by molar-refractivity contribution is 0.0730. The van der Waals surface area contributed by atoms with Gasteiger partial charge < -0.3 is 5.32 Å². The number of benzene rings is 1. The fourth-order valence-electron chi connectivity index (χ4n) is 3.20. The number of nitrogens with one attached hydrogen (secondary N) is 1. The van der Waals surface area contributed by atoms with Crippen molar-refractivity contribution < 1.29 is 4.39 Å². The average molecular weight is 315 g/mol. The van der Waals surface area contributed by atoms with E-state index in [0.29, 0.717) is 6.42 Å². The maximum atomic E-state index is 13.6. The van der Waals surface area contributed by atoms with Gasteiger partial charge in [0.2, 0.25) is 0 Å². The zero-order chi connectivity index (χ0) is 16.0. The van der Waals surface area contributed by atoms with Crippen LogP contribution in [0.3, 0.4) is 0 Å². The standard InChI is InChI=1S/C17H28ClFN2/c1-6-17(4,21(7-2)8-3)15(20-5)12-13-10-9-11-14(19)16(13)18/h9-11,15,20H,6-8,12H2,1-5H3. The Labute approximate surface area is 133 Å². The average Bonchev–Trinajstić information content (AvgIpc) is 2.49. The molecule has 0 aromatic heterocycles. The van der Waals surface area contributed by atoms with Crippen molar-refractivity contribution in [1.29, 1.82) is 0 Å². The Bertz CT molecular complexity index is 448. The van der Waals surface area contributed by atoms with Gasteiger partial charge in [0, 0.05) is 11.6 Å². The van der Waals surface area contributed by atoms with E-state index in [2.05, 4.69) is 37.9 Å². The molecule has 1 aromatic rings. The van der Waals surface area contributed by atoms with Gasteiger partial charge in [0.15, 0.2) is 0 Å². The second-order valence-electron chi connectivity index (χ2n) is 5.64. The summed E-state index contributed by atoms with van der Waals surface area (Å²) in [6.45, 7) is 10.8. The molecule has 0 aliphatic rings. The molecule has 0 fully saturated rings. The van der Waals surface area contributed by atoms with Crippen LogP contribution in [0.1, 0.15) is 39.7 Å². The van der Waals surface area contributed by atoms with Gasteiger partial charge in [0.25, 0.3) is 0 Å². The van der Waals surface area contributed by atoms with Gasteiger partial charge >= 0.3 is 0 Å². The quantitative estimate of drug-likeness (QED) is 0.776. The molecule has 120 valence electrons. The van der Waals surface area contributed by atoms with Gasteiger partial charge in [-0.3, -0.25) is 4.90 Å². The summed E-state index contributed by atoms with van der Waals surface area (Å²) in [5.74, 6) is -0.343. The molecule has 0 radical (unpaired) electrons. The summed E-state index contributed by atoms with van der Waals surface area (Å²) in [5, 5.41) is 3.66. The minimum atomic E-state index is -0.343. The Kier molecular flexibility index (Phi) is 7.11. The first-order valence-corrected chi connectivity index (χ1v) is 8.17. The van der Waals surface area contributed by atoms with Crippen molar-refractivity contribution in [3.05, 3.63) is 34.6 Å². The second kappa shape index (κ2) is 8.11. The molecule has 1 rings (SSSR count). The number of hydrogen-bond donors (Lipinski definition) is 1. The molecule has 2 unspecified atom stereocenters. The van der Waals surface area contributed by atoms with Crippen molar-refractivity contribution in [2.75, 3.05) is 20.1 Å². The van der Waals surface area contributed by atoms with Crippen molar-refractivity contribution in [1.82, 2.24) is 10.2 Å². The molecule has 0 amide bonds. The molecule has 1 aromatic carbocycles. The molecule has 2 atom stereocenters. The predicted octanol–water partition coefficient (Wildman–Crippen LogP) is 4.12. The molecule has 0 spiro atoms. The monoisotopic (exact) mass is 314 g/mol. The van der Waals surface area contributed by atoms with Gasteiger partial charge in [-0.05, 0) is 51.5 Å². The van der Waals surface area contributed by atoms with E-state index in [9.17, 15) is 4.39 Å². The first-order chi connectivity index (χ1) is 9.94. The van der Waals surface area contributed by atoms with Crippen LogP contribution in [0.5, 0.6) is 0 Å². The normalized spacial score (nSPS) is 16.0. The minimum absolute atomic E-state index is 0.00783. The van der Waals surface area contributed by atoms with Crippen LogP contribution in [0.2, 0.25) is 5.02 Å². The van der Waals surface area contributed by atoms with Gasteiger partial charge in [0.05, 0.1) is 5.02 Å². The van der Waals surface area contributed by atoms with Crippen molar-refractivity contribution >= 4 is 11.6 Å². The molecule has 0 heterocycles. The van der Waals surface area contributed by atoms with Crippen LogP contribution in [-0.2, 0) is 6.42 Å². The Morgan fingerprint density at radius 1 is 1.29 bits per heavy atom. The summed E-state index contributed by atoms with van der Waals surface area (Å²) >= 11 is 6.12. The highest BCUT2D eigenvalue weighted by atomic mass is 35.5. The van der Waals surface area contributed by atoms with E-state index in [1.54, 1.807) is 6.07 Å².